The normalized spacial score (nSPS) is 30.3. The largest absolute Gasteiger partial charge is 0.385 e. The molecule has 2 aliphatic carbocycles. The van der Waals surface area contributed by atoms with Crippen LogP contribution in [0.4, 0.5) is 0 Å². The van der Waals surface area contributed by atoms with Gasteiger partial charge in [-0.15, -0.1) is 0 Å². The number of fused-ring (bicyclic) bond motifs is 5. The van der Waals surface area contributed by atoms with E-state index in [1.54, 1.807) is 14.2 Å². The topological polar surface area (TPSA) is 83.0 Å². The second kappa shape index (κ2) is 7.99. The van der Waals surface area contributed by atoms with Gasteiger partial charge in [0.05, 0.1) is 11.8 Å². The zero-order valence-corrected chi connectivity index (χ0v) is 15.0. The number of imide groups is 1. The lowest BCUT2D eigenvalue weighted by molar-refractivity contribution is -0.140. The van der Waals surface area contributed by atoms with Crippen LogP contribution < -0.4 is 10.6 Å². The number of guanidine groups is 1. The zero-order chi connectivity index (χ0) is 17.8. The fraction of sp³-hybridized carbons (Fsp3) is 0.722. The second-order valence-corrected chi connectivity index (χ2v) is 6.95. The highest BCUT2D eigenvalue weighted by Gasteiger charge is 2.58. The first-order chi connectivity index (χ1) is 12.2. The van der Waals surface area contributed by atoms with E-state index in [1.165, 1.54) is 4.90 Å². The summed E-state index contributed by atoms with van der Waals surface area (Å²) in [5.74, 6) is 1.18. The molecule has 4 unspecified atom stereocenters. The highest BCUT2D eigenvalue weighted by Crippen LogP contribution is 2.52. The van der Waals surface area contributed by atoms with Crippen molar-refractivity contribution in [3.8, 4) is 0 Å². The van der Waals surface area contributed by atoms with E-state index in [1.807, 2.05) is 0 Å². The molecular weight excluding hydrogens is 320 g/mol. The molecule has 1 heterocycles. The SMILES string of the molecule is CN=C(NCCCOC)NCCCN1C(=O)C2C3C=CC(C3)C2C1=O. The van der Waals surface area contributed by atoms with E-state index >= 15 is 0 Å². The number of amides is 2. The van der Waals surface area contributed by atoms with Crippen LogP contribution in [-0.4, -0.2) is 63.1 Å². The third kappa shape index (κ3) is 3.56. The van der Waals surface area contributed by atoms with Gasteiger partial charge in [0, 0.05) is 40.4 Å². The van der Waals surface area contributed by atoms with Crippen molar-refractivity contribution in [1.29, 1.82) is 0 Å². The smallest absolute Gasteiger partial charge is 0.233 e. The minimum Gasteiger partial charge on any atom is -0.385 e. The van der Waals surface area contributed by atoms with Gasteiger partial charge in [-0.25, -0.2) is 0 Å². The third-order valence-corrected chi connectivity index (χ3v) is 5.45. The number of methoxy groups -OCH3 is 1. The molecule has 3 rings (SSSR count). The number of carbonyl (C=O) groups is 2. The molecule has 3 aliphatic rings. The number of hydrogen-bond donors (Lipinski definition) is 2. The van der Waals surface area contributed by atoms with Gasteiger partial charge in [0.1, 0.15) is 0 Å². The molecule has 2 fully saturated rings. The van der Waals surface area contributed by atoms with Crippen LogP contribution >= 0.6 is 0 Å². The molecule has 2 N–H and O–H groups in total. The number of carbonyl (C=O) groups excluding carboxylic acids is 2. The van der Waals surface area contributed by atoms with Gasteiger partial charge in [0.25, 0.3) is 0 Å². The van der Waals surface area contributed by atoms with Crippen LogP contribution in [0.15, 0.2) is 17.1 Å². The maximum absolute atomic E-state index is 12.6. The van der Waals surface area contributed by atoms with Gasteiger partial charge >= 0.3 is 0 Å². The van der Waals surface area contributed by atoms with Crippen LogP contribution in [0, 0.1) is 23.7 Å². The van der Waals surface area contributed by atoms with Crippen LogP contribution in [0.2, 0.25) is 0 Å². The first-order valence-electron chi connectivity index (χ1n) is 9.14. The summed E-state index contributed by atoms with van der Waals surface area (Å²) in [4.78, 5) is 30.8. The van der Waals surface area contributed by atoms with Gasteiger partial charge in [-0.1, -0.05) is 12.2 Å². The number of allylic oxidation sites excluding steroid dienone is 2. The fourth-order valence-electron chi connectivity index (χ4n) is 4.27. The Bertz CT molecular complexity index is 545. The predicted molar refractivity (Wildman–Crippen MR) is 94.9 cm³/mol. The lowest BCUT2D eigenvalue weighted by Crippen LogP contribution is -2.40. The van der Waals surface area contributed by atoms with Crippen LogP contribution in [0.1, 0.15) is 19.3 Å². The van der Waals surface area contributed by atoms with E-state index in [0.29, 0.717) is 19.7 Å². The van der Waals surface area contributed by atoms with Crippen LogP contribution in [0.3, 0.4) is 0 Å². The average molecular weight is 348 g/mol. The number of hydrogen-bond acceptors (Lipinski definition) is 4. The van der Waals surface area contributed by atoms with E-state index in [4.69, 9.17) is 4.74 Å². The minimum absolute atomic E-state index is 0.0360. The first kappa shape index (κ1) is 17.9. The number of ether oxygens (including phenoxy) is 1. The van der Waals surface area contributed by atoms with Crippen molar-refractivity contribution in [2.45, 2.75) is 19.3 Å². The molecule has 25 heavy (non-hydrogen) atoms. The van der Waals surface area contributed by atoms with Crippen LogP contribution in [-0.2, 0) is 14.3 Å². The van der Waals surface area contributed by atoms with Crippen molar-refractivity contribution < 1.29 is 14.3 Å². The molecule has 0 aromatic carbocycles. The molecule has 2 amide bonds. The Labute approximate surface area is 148 Å². The van der Waals surface area contributed by atoms with E-state index < -0.39 is 0 Å². The fourth-order valence-corrected chi connectivity index (χ4v) is 4.27. The van der Waals surface area contributed by atoms with Crippen molar-refractivity contribution in [2.75, 3.05) is 40.4 Å². The van der Waals surface area contributed by atoms with Crippen LogP contribution in [0.25, 0.3) is 0 Å². The van der Waals surface area contributed by atoms with Gasteiger partial charge < -0.3 is 15.4 Å². The summed E-state index contributed by atoms with van der Waals surface area (Å²) in [6, 6.07) is 0. The molecule has 0 aromatic heterocycles. The molecule has 138 valence electrons. The molecule has 1 aliphatic heterocycles. The van der Waals surface area contributed by atoms with E-state index in [9.17, 15) is 9.59 Å². The lowest BCUT2D eigenvalue weighted by Gasteiger charge is -2.18. The Morgan fingerprint density at radius 2 is 1.76 bits per heavy atom. The average Bonchev–Trinajstić information content (AvgIpc) is 3.29. The Balaban J connectivity index is 1.39. The third-order valence-electron chi connectivity index (χ3n) is 5.45. The Kier molecular flexibility index (Phi) is 5.73. The summed E-state index contributed by atoms with van der Waals surface area (Å²) in [6.45, 7) is 2.65. The zero-order valence-electron chi connectivity index (χ0n) is 15.0. The Morgan fingerprint density at radius 3 is 2.32 bits per heavy atom. The summed E-state index contributed by atoms with van der Waals surface area (Å²) >= 11 is 0. The van der Waals surface area contributed by atoms with Gasteiger partial charge in [-0.3, -0.25) is 19.5 Å². The van der Waals surface area contributed by atoms with E-state index in [2.05, 4.69) is 27.8 Å². The molecular formula is C18H28N4O3. The van der Waals surface area contributed by atoms with Crippen molar-refractivity contribution in [2.24, 2.45) is 28.7 Å². The summed E-state index contributed by atoms with van der Waals surface area (Å²) in [7, 11) is 3.41. The number of aliphatic imine (C=N–C) groups is 1. The monoisotopic (exact) mass is 348 g/mol. The van der Waals surface area contributed by atoms with Crippen molar-refractivity contribution in [3.63, 3.8) is 0 Å². The van der Waals surface area contributed by atoms with Gasteiger partial charge in [0.2, 0.25) is 11.8 Å². The molecule has 4 atom stereocenters. The van der Waals surface area contributed by atoms with Gasteiger partial charge in [-0.2, -0.15) is 0 Å². The van der Waals surface area contributed by atoms with Crippen molar-refractivity contribution in [3.05, 3.63) is 12.2 Å². The highest BCUT2D eigenvalue weighted by atomic mass is 16.5. The summed E-state index contributed by atoms with van der Waals surface area (Å²) in [5.41, 5.74) is 0. The standard InChI is InChI=1S/C18H28N4O3/c1-19-18(21-8-4-10-25-2)20-7-3-9-22-16(23)14-12-5-6-13(11-12)15(14)17(22)24/h5-6,12-15H,3-4,7-11H2,1-2H3,(H2,19,20,21). The number of nitrogens with zero attached hydrogens (tertiary/aromatic N) is 2. The second-order valence-electron chi connectivity index (χ2n) is 6.95. The summed E-state index contributed by atoms with van der Waals surface area (Å²) in [6.07, 6.45) is 6.86. The first-order valence-corrected chi connectivity index (χ1v) is 9.14. The van der Waals surface area contributed by atoms with E-state index in [-0.39, 0.29) is 35.5 Å². The highest BCUT2D eigenvalue weighted by molar-refractivity contribution is 6.06. The summed E-state index contributed by atoms with van der Waals surface area (Å²) in [5, 5.41) is 6.42. The van der Waals surface area contributed by atoms with Crippen LogP contribution in [0.5, 0.6) is 0 Å². The Hall–Kier alpha value is -1.89. The number of likely N-dealkylation sites (tertiary alicyclic amines) is 1. The molecule has 7 heteroatoms. The molecule has 0 spiro atoms. The molecule has 2 bridgehead atoms. The molecule has 1 saturated carbocycles. The minimum atomic E-state index is -0.0920. The molecule has 1 saturated heterocycles. The molecule has 0 radical (unpaired) electrons. The van der Waals surface area contributed by atoms with Crippen molar-refractivity contribution >= 4 is 17.8 Å². The number of rotatable bonds is 8. The number of nitrogens with one attached hydrogen (secondary N) is 2. The van der Waals surface area contributed by atoms with Gasteiger partial charge in [-0.05, 0) is 31.1 Å². The predicted octanol–water partition coefficient (Wildman–Crippen LogP) is 0.385. The quantitative estimate of drug-likeness (QED) is 0.218. The molecule has 7 nitrogen and oxygen atoms in total. The lowest BCUT2D eigenvalue weighted by atomic mass is 9.85. The maximum atomic E-state index is 12.6. The van der Waals surface area contributed by atoms with E-state index in [0.717, 1.165) is 31.8 Å². The molecule has 0 aromatic rings. The Morgan fingerprint density at radius 1 is 1.16 bits per heavy atom. The van der Waals surface area contributed by atoms with Gasteiger partial charge in [0.15, 0.2) is 5.96 Å². The maximum Gasteiger partial charge on any atom is 0.233 e. The summed E-state index contributed by atoms with van der Waals surface area (Å²) < 4.78 is 5.01. The van der Waals surface area contributed by atoms with Crippen molar-refractivity contribution in [1.82, 2.24) is 15.5 Å².